The van der Waals surface area contributed by atoms with Crippen LogP contribution in [0.1, 0.15) is 44.2 Å². The standard InChI is InChI=1S/C15H21F/c1-11(2)9-15(16)10-13(4)14-7-5-12(3)6-8-14/h5-9,13,15H,10H2,1-4H3. The minimum atomic E-state index is -0.832. The molecule has 0 bridgehead atoms. The SMILES string of the molecule is CC(C)=CC(F)CC(C)c1ccc(C)cc1. The third-order valence-corrected chi connectivity index (χ3v) is 2.74. The molecule has 0 spiro atoms. The summed E-state index contributed by atoms with van der Waals surface area (Å²) in [7, 11) is 0. The average molecular weight is 220 g/mol. The number of halogens is 1. The van der Waals surface area contributed by atoms with Crippen LogP contribution in [-0.4, -0.2) is 6.17 Å². The van der Waals surface area contributed by atoms with Crippen molar-refractivity contribution in [2.75, 3.05) is 0 Å². The second-order valence-corrected chi connectivity index (χ2v) is 4.81. The first kappa shape index (κ1) is 13.0. The van der Waals surface area contributed by atoms with E-state index in [1.807, 2.05) is 13.8 Å². The fourth-order valence-corrected chi connectivity index (χ4v) is 1.80. The van der Waals surface area contributed by atoms with Crippen molar-refractivity contribution >= 4 is 0 Å². The van der Waals surface area contributed by atoms with Crippen molar-refractivity contribution in [3.05, 3.63) is 47.0 Å². The van der Waals surface area contributed by atoms with Crippen LogP contribution in [0.4, 0.5) is 4.39 Å². The summed E-state index contributed by atoms with van der Waals surface area (Å²) in [5.74, 6) is 0.270. The predicted molar refractivity (Wildman–Crippen MR) is 68.5 cm³/mol. The van der Waals surface area contributed by atoms with Crippen molar-refractivity contribution in [1.29, 1.82) is 0 Å². The highest BCUT2D eigenvalue weighted by atomic mass is 19.1. The Morgan fingerprint density at radius 2 is 1.81 bits per heavy atom. The Morgan fingerprint density at radius 3 is 2.31 bits per heavy atom. The summed E-state index contributed by atoms with van der Waals surface area (Å²) < 4.78 is 13.6. The minimum absolute atomic E-state index is 0.270. The van der Waals surface area contributed by atoms with Gasteiger partial charge < -0.3 is 0 Å². The smallest absolute Gasteiger partial charge is 0.119 e. The molecule has 0 saturated heterocycles. The van der Waals surface area contributed by atoms with Crippen LogP contribution in [0.2, 0.25) is 0 Å². The van der Waals surface area contributed by atoms with Gasteiger partial charge in [-0.15, -0.1) is 0 Å². The lowest BCUT2D eigenvalue weighted by Crippen LogP contribution is -2.03. The number of allylic oxidation sites excluding steroid dienone is 2. The summed E-state index contributed by atoms with van der Waals surface area (Å²) in [6.45, 7) is 8.01. The van der Waals surface area contributed by atoms with E-state index in [2.05, 4.69) is 38.1 Å². The van der Waals surface area contributed by atoms with Crippen molar-refractivity contribution in [1.82, 2.24) is 0 Å². The van der Waals surface area contributed by atoms with E-state index in [0.29, 0.717) is 6.42 Å². The molecule has 2 atom stereocenters. The molecule has 1 rings (SSSR count). The van der Waals surface area contributed by atoms with E-state index in [-0.39, 0.29) is 5.92 Å². The molecule has 0 aliphatic rings. The van der Waals surface area contributed by atoms with Gasteiger partial charge >= 0.3 is 0 Å². The number of rotatable bonds is 4. The molecule has 0 amide bonds. The van der Waals surface area contributed by atoms with Crippen molar-refractivity contribution in [3.8, 4) is 0 Å². The zero-order valence-corrected chi connectivity index (χ0v) is 10.6. The van der Waals surface area contributed by atoms with E-state index in [0.717, 1.165) is 5.57 Å². The van der Waals surface area contributed by atoms with Crippen molar-refractivity contribution in [2.45, 2.75) is 46.2 Å². The van der Waals surface area contributed by atoms with Crippen LogP contribution in [0.5, 0.6) is 0 Å². The van der Waals surface area contributed by atoms with Gasteiger partial charge in [0, 0.05) is 0 Å². The van der Waals surface area contributed by atoms with Gasteiger partial charge in [-0.05, 0) is 38.7 Å². The topological polar surface area (TPSA) is 0 Å². The molecule has 0 N–H and O–H groups in total. The minimum Gasteiger partial charge on any atom is -0.243 e. The highest BCUT2D eigenvalue weighted by Crippen LogP contribution is 2.23. The van der Waals surface area contributed by atoms with Gasteiger partial charge in [-0.2, -0.15) is 0 Å². The van der Waals surface area contributed by atoms with Gasteiger partial charge in [0.1, 0.15) is 6.17 Å². The molecule has 16 heavy (non-hydrogen) atoms. The molecular formula is C15H21F. The molecule has 0 heterocycles. The summed E-state index contributed by atoms with van der Waals surface area (Å²) in [6.07, 6.45) is 1.43. The first-order valence-corrected chi connectivity index (χ1v) is 5.84. The highest BCUT2D eigenvalue weighted by molar-refractivity contribution is 5.24. The Kier molecular flexibility index (Phi) is 4.72. The average Bonchev–Trinajstić information content (AvgIpc) is 2.16. The Balaban J connectivity index is 2.62. The van der Waals surface area contributed by atoms with Gasteiger partial charge in [0.05, 0.1) is 0 Å². The van der Waals surface area contributed by atoms with Crippen LogP contribution in [0.3, 0.4) is 0 Å². The van der Waals surface area contributed by atoms with Gasteiger partial charge in [-0.3, -0.25) is 0 Å². The van der Waals surface area contributed by atoms with Gasteiger partial charge in [0.25, 0.3) is 0 Å². The molecule has 1 aromatic carbocycles. The fraction of sp³-hybridized carbons (Fsp3) is 0.467. The third kappa shape index (κ3) is 4.18. The second kappa shape index (κ2) is 5.83. The molecule has 2 unspecified atom stereocenters. The number of benzene rings is 1. The second-order valence-electron chi connectivity index (χ2n) is 4.81. The molecule has 88 valence electrons. The first-order chi connectivity index (χ1) is 7.49. The molecule has 0 aliphatic heterocycles. The molecule has 0 radical (unpaired) electrons. The van der Waals surface area contributed by atoms with E-state index >= 15 is 0 Å². The van der Waals surface area contributed by atoms with E-state index in [1.54, 1.807) is 6.08 Å². The fourth-order valence-electron chi connectivity index (χ4n) is 1.80. The summed E-state index contributed by atoms with van der Waals surface area (Å²) in [5, 5.41) is 0. The number of hydrogen-bond acceptors (Lipinski definition) is 0. The van der Waals surface area contributed by atoms with Crippen LogP contribution in [-0.2, 0) is 0 Å². The first-order valence-electron chi connectivity index (χ1n) is 5.84. The third-order valence-electron chi connectivity index (χ3n) is 2.74. The molecule has 0 aliphatic carbocycles. The van der Waals surface area contributed by atoms with Gasteiger partial charge in [0.15, 0.2) is 0 Å². The van der Waals surface area contributed by atoms with Gasteiger partial charge in [-0.1, -0.05) is 48.4 Å². The maximum Gasteiger partial charge on any atom is 0.119 e. The largest absolute Gasteiger partial charge is 0.243 e. The molecule has 0 aromatic heterocycles. The van der Waals surface area contributed by atoms with Crippen molar-refractivity contribution in [2.24, 2.45) is 0 Å². The lowest BCUT2D eigenvalue weighted by Gasteiger charge is -2.13. The maximum atomic E-state index is 13.6. The van der Waals surface area contributed by atoms with Gasteiger partial charge in [0.2, 0.25) is 0 Å². The normalized spacial score (nSPS) is 14.3. The van der Waals surface area contributed by atoms with Crippen LogP contribution >= 0.6 is 0 Å². The Hall–Kier alpha value is -1.11. The summed E-state index contributed by atoms with van der Waals surface area (Å²) >= 11 is 0. The molecule has 1 aromatic rings. The monoisotopic (exact) mass is 220 g/mol. The molecule has 0 fully saturated rings. The van der Waals surface area contributed by atoms with Gasteiger partial charge in [-0.25, -0.2) is 4.39 Å². The lowest BCUT2D eigenvalue weighted by atomic mass is 9.94. The van der Waals surface area contributed by atoms with Crippen molar-refractivity contribution < 1.29 is 4.39 Å². The number of hydrogen-bond donors (Lipinski definition) is 0. The summed E-state index contributed by atoms with van der Waals surface area (Å²) in [5.41, 5.74) is 3.51. The van der Waals surface area contributed by atoms with Crippen LogP contribution < -0.4 is 0 Å². The van der Waals surface area contributed by atoms with Crippen LogP contribution in [0, 0.1) is 6.92 Å². The van der Waals surface area contributed by atoms with Crippen LogP contribution in [0.25, 0.3) is 0 Å². The quantitative estimate of drug-likeness (QED) is 0.640. The Bertz CT molecular complexity index is 344. The molecule has 0 nitrogen and oxygen atoms in total. The molecule has 0 saturated carbocycles. The predicted octanol–water partition coefficient (Wildman–Crippen LogP) is 4.79. The molecular weight excluding hydrogens is 199 g/mol. The number of aryl methyl sites for hydroxylation is 1. The van der Waals surface area contributed by atoms with Crippen molar-refractivity contribution in [3.63, 3.8) is 0 Å². The van der Waals surface area contributed by atoms with E-state index in [1.165, 1.54) is 11.1 Å². The summed E-state index contributed by atoms with van der Waals surface area (Å²) in [6, 6.07) is 8.35. The van der Waals surface area contributed by atoms with E-state index < -0.39 is 6.17 Å². The Morgan fingerprint density at radius 1 is 1.25 bits per heavy atom. The zero-order chi connectivity index (χ0) is 12.1. The van der Waals surface area contributed by atoms with Crippen LogP contribution in [0.15, 0.2) is 35.9 Å². The van der Waals surface area contributed by atoms with E-state index in [9.17, 15) is 4.39 Å². The highest BCUT2D eigenvalue weighted by Gasteiger charge is 2.11. The van der Waals surface area contributed by atoms with E-state index in [4.69, 9.17) is 0 Å². The number of alkyl halides is 1. The molecule has 1 heteroatoms. The lowest BCUT2D eigenvalue weighted by molar-refractivity contribution is 0.358. The maximum absolute atomic E-state index is 13.6. The zero-order valence-electron chi connectivity index (χ0n) is 10.6. The summed E-state index contributed by atoms with van der Waals surface area (Å²) in [4.78, 5) is 0. The Labute approximate surface area is 98.2 Å².